The van der Waals surface area contributed by atoms with Crippen LogP contribution in [0.5, 0.6) is 0 Å². The van der Waals surface area contributed by atoms with E-state index in [1.807, 2.05) is 24.3 Å². The summed E-state index contributed by atoms with van der Waals surface area (Å²) in [5, 5.41) is 19.7. The Bertz CT molecular complexity index is 639. The number of aliphatic hydroxyl groups is 1. The number of hydrogen-bond acceptors (Lipinski definition) is 3. The Morgan fingerprint density at radius 2 is 1.78 bits per heavy atom. The maximum atomic E-state index is 11.5. The van der Waals surface area contributed by atoms with Crippen molar-refractivity contribution >= 4 is 5.97 Å². The fourth-order valence-corrected chi connectivity index (χ4v) is 5.32. The molecule has 2 rings (SSSR count). The van der Waals surface area contributed by atoms with E-state index in [1.54, 1.807) is 0 Å². The normalized spacial score (nSPS) is 17.9. The molecule has 32 heavy (non-hydrogen) atoms. The molecule has 4 heteroatoms. The lowest BCUT2D eigenvalue weighted by atomic mass is 9.80. The van der Waals surface area contributed by atoms with Crippen LogP contribution in [0.25, 0.3) is 0 Å². The summed E-state index contributed by atoms with van der Waals surface area (Å²) in [6.45, 7) is 0.611. The van der Waals surface area contributed by atoms with Crippen molar-refractivity contribution in [3.05, 3.63) is 48.0 Å². The molecule has 1 aromatic carbocycles. The third-order valence-corrected chi connectivity index (χ3v) is 7.14. The van der Waals surface area contributed by atoms with Crippen LogP contribution in [0.15, 0.2) is 42.5 Å². The molecule has 0 saturated heterocycles. The van der Waals surface area contributed by atoms with Crippen molar-refractivity contribution in [1.29, 1.82) is 0 Å². The summed E-state index contributed by atoms with van der Waals surface area (Å²) in [4.78, 5) is 11.5. The molecule has 0 radical (unpaired) electrons. The van der Waals surface area contributed by atoms with Crippen molar-refractivity contribution in [2.45, 2.75) is 96.0 Å². The summed E-state index contributed by atoms with van der Waals surface area (Å²) in [5.41, 5.74) is 7.15. The summed E-state index contributed by atoms with van der Waals surface area (Å²) in [6.07, 6.45) is 18.4. The van der Waals surface area contributed by atoms with Gasteiger partial charge in [-0.3, -0.25) is 4.79 Å². The first-order chi connectivity index (χ1) is 15.6. The van der Waals surface area contributed by atoms with Crippen molar-refractivity contribution in [2.24, 2.45) is 23.5 Å². The maximum Gasteiger partial charge on any atom is 0.303 e. The molecule has 1 aliphatic rings. The van der Waals surface area contributed by atoms with Crippen molar-refractivity contribution < 1.29 is 15.0 Å². The highest BCUT2D eigenvalue weighted by atomic mass is 16.4. The van der Waals surface area contributed by atoms with Gasteiger partial charge in [0.15, 0.2) is 0 Å². The van der Waals surface area contributed by atoms with Gasteiger partial charge in [-0.2, -0.15) is 0 Å². The number of unbranched alkanes of at least 4 members (excludes halogenated alkanes) is 2. The Kier molecular flexibility index (Phi) is 13.3. The molecular formula is C28H45NO3. The van der Waals surface area contributed by atoms with Crippen LogP contribution >= 0.6 is 0 Å². The summed E-state index contributed by atoms with van der Waals surface area (Å²) in [6, 6.07) is 10.3. The predicted molar refractivity (Wildman–Crippen MR) is 132 cm³/mol. The third kappa shape index (κ3) is 11.3. The van der Waals surface area contributed by atoms with E-state index in [0.29, 0.717) is 18.4 Å². The molecule has 0 bridgehead atoms. The van der Waals surface area contributed by atoms with Crippen LogP contribution in [0.1, 0.15) is 89.0 Å². The summed E-state index contributed by atoms with van der Waals surface area (Å²) in [7, 11) is 0. The molecule has 0 amide bonds. The SMILES string of the molecule is NCC[C@H](CCCC/C=C\[C@H](O)CC1CCCCC1)[C@H](CCc1ccccc1)CC(=O)O. The fraction of sp³-hybridized carbons (Fsp3) is 0.679. The third-order valence-electron chi connectivity index (χ3n) is 7.14. The van der Waals surface area contributed by atoms with Crippen molar-refractivity contribution in [1.82, 2.24) is 0 Å². The highest BCUT2D eigenvalue weighted by Gasteiger charge is 2.23. The van der Waals surface area contributed by atoms with E-state index in [2.05, 4.69) is 18.2 Å². The zero-order chi connectivity index (χ0) is 23.0. The molecule has 1 aromatic rings. The topological polar surface area (TPSA) is 83.5 Å². The van der Waals surface area contributed by atoms with Gasteiger partial charge in [0.2, 0.25) is 0 Å². The van der Waals surface area contributed by atoms with Gasteiger partial charge in [-0.05, 0) is 68.4 Å². The molecule has 1 fully saturated rings. The van der Waals surface area contributed by atoms with Gasteiger partial charge in [0, 0.05) is 6.42 Å². The second kappa shape index (κ2) is 16.0. The lowest BCUT2D eigenvalue weighted by Crippen LogP contribution is -2.22. The van der Waals surface area contributed by atoms with Gasteiger partial charge in [-0.25, -0.2) is 0 Å². The van der Waals surface area contributed by atoms with Crippen molar-refractivity contribution in [3.63, 3.8) is 0 Å². The second-order valence-electron chi connectivity index (χ2n) is 9.74. The van der Waals surface area contributed by atoms with E-state index in [-0.39, 0.29) is 18.4 Å². The van der Waals surface area contributed by atoms with Gasteiger partial charge in [0.25, 0.3) is 0 Å². The standard InChI is InChI=1S/C28H45NO3/c29-20-19-25(26(22-28(31)32)18-17-23-11-5-3-6-12-23)15-9-1-2-10-16-27(30)21-24-13-7-4-8-14-24/h3,5-6,10-12,16,24-27,30H,1-2,4,7-9,13-15,17-22,29H2,(H,31,32)/b16-10-/t25-,26+,27-/m0/s1. The van der Waals surface area contributed by atoms with Crippen molar-refractivity contribution in [3.8, 4) is 0 Å². The first-order valence-corrected chi connectivity index (χ1v) is 12.9. The van der Waals surface area contributed by atoms with Crippen LogP contribution < -0.4 is 5.73 Å². The van der Waals surface area contributed by atoms with Crippen LogP contribution in [0.4, 0.5) is 0 Å². The molecule has 0 heterocycles. The first-order valence-electron chi connectivity index (χ1n) is 12.9. The highest BCUT2D eigenvalue weighted by Crippen LogP contribution is 2.30. The molecule has 0 spiro atoms. The van der Waals surface area contributed by atoms with Gasteiger partial charge < -0.3 is 15.9 Å². The minimum absolute atomic E-state index is 0.170. The van der Waals surface area contributed by atoms with E-state index < -0.39 is 5.97 Å². The monoisotopic (exact) mass is 443 g/mol. The number of carboxylic acids is 1. The molecule has 180 valence electrons. The van der Waals surface area contributed by atoms with Crippen LogP contribution in [0, 0.1) is 17.8 Å². The molecule has 0 aliphatic heterocycles. The molecular weight excluding hydrogens is 398 g/mol. The second-order valence-corrected chi connectivity index (χ2v) is 9.74. The molecule has 0 aromatic heterocycles. The number of nitrogens with two attached hydrogens (primary N) is 1. The van der Waals surface area contributed by atoms with E-state index in [9.17, 15) is 15.0 Å². The summed E-state index contributed by atoms with van der Waals surface area (Å²) in [5.74, 6) is 0.521. The van der Waals surface area contributed by atoms with Crippen LogP contribution in [-0.2, 0) is 11.2 Å². The van der Waals surface area contributed by atoms with Crippen LogP contribution in [0.3, 0.4) is 0 Å². The Labute approximate surface area is 195 Å². The van der Waals surface area contributed by atoms with E-state index in [0.717, 1.165) is 51.4 Å². The number of benzene rings is 1. The average Bonchev–Trinajstić information content (AvgIpc) is 2.79. The number of rotatable bonds is 16. The Morgan fingerprint density at radius 3 is 2.47 bits per heavy atom. The van der Waals surface area contributed by atoms with Gasteiger partial charge >= 0.3 is 5.97 Å². The van der Waals surface area contributed by atoms with Gasteiger partial charge in [0.05, 0.1) is 6.10 Å². The molecule has 1 aliphatic carbocycles. The number of aryl methyl sites for hydroxylation is 1. The minimum Gasteiger partial charge on any atom is -0.481 e. The Hall–Kier alpha value is -1.65. The lowest BCUT2D eigenvalue weighted by Gasteiger charge is -2.26. The molecule has 4 N–H and O–H groups in total. The quantitative estimate of drug-likeness (QED) is 0.212. The van der Waals surface area contributed by atoms with Crippen LogP contribution in [0.2, 0.25) is 0 Å². The minimum atomic E-state index is -0.708. The van der Waals surface area contributed by atoms with Gasteiger partial charge in [0.1, 0.15) is 0 Å². The highest BCUT2D eigenvalue weighted by molar-refractivity contribution is 5.67. The number of aliphatic carboxylic acids is 1. The number of allylic oxidation sites excluding steroid dienone is 1. The Morgan fingerprint density at radius 1 is 1.03 bits per heavy atom. The lowest BCUT2D eigenvalue weighted by molar-refractivity contribution is -0.138. The largest absolute Gasteiger partial charge is 0.481 e. The van der Waals surface area contributed by atoms with Crippen molar-refractivity contribution in [2.75, 3.05) is 6.54 Å². The van der Waals surface area contributed by atoms with Gasteiger partial charge in [-0.15, -0.1) is 0 Å². The number of carbonyl (C=O) groups is 1. The fourth-order valence-electron chi connectivity index (χ4n) is 5.32. The number of aliphatic hydroxyl groups excluding tert-OH is 1. The molecule has 1 saturated carbocycles. The summed E-state index contributed by atoms with van der Waals surface area (Å²) >= 11 is 0. The van der Waals surface area contributed by atoms with Crippen LogP contribution in [-0.4, -0.2) is 28.8 Å². The predicted octanol–water partition coefficient (Wildman–Crippen LogP) is 6.12. The Balaban J connectivity index is 1.73. The molecule has 0 unspecified atom stereocenters. The molecule has 3 atom stereocenters. The zero-order valence-corrected chi connectivity index (χ0v) is 19.8. The molecule has 4 nitrogen and oxygen atoms in total. The number of carboxylic acid groups (broad SMARTS) is 1. The van der Waals surface area contributed by atoms with Gasteiger partial charge in [-0.1, -0.05) is 87.4 Å². The smallest absolute Gasteiger partial charge is 0.303 e. The zero-order valence-electron chi connectivity index (χ0n) is 19.8. The summed E-state index contributed by atoms with van der Waals surface area (Å²) < 4.78 is 0. The number of hydrogen-bond donors (Lipinski definition) is 3. The van der Waals surface area contributed by atoms with E-state index >= 15 is 0 Å². The first kappa shape index (κ1) is 26.6. The average molecular weight is 444 g/mol. The van der Waals surface area contributed by atoms with E-state index in [4.69, 9.17) is 5.73 Å². The van der Waals surface area contributed by atoms with E-state index in [1.165, 1.54) is 37.7 Å². The maximum absolute atomic E-state index is 11.5.